The van der Waals surface area contributed by atoms with Gasteiger partial charge >= 0.3 is 5.97 Å². The molecule has 1 aliphatic heterocycles. The minimum atomic E-state index is -3.50. The van der Waals surface area contributed by atoms with Crippen LogP contribution in [0.2, 0.25) is 0 Å². The average molecular weight is 316 g/mol. The molecule has 7 heteroatoms. The summed E-state index contributed by atoms with van der Waals surface area (Å²) in [4.78, 5) is 11.8. The second-order valence-corrected chi connectivity index (χ2v) is 7.62. The van der Waals surface area contributed by atoms with E-state index in [1.807, 2.05) is 6.08 Å². The first-order valence-corrected chi connectivity index (χ1v) is 9.04. The quantitative estimate of drug-likeness (QED) is 0.572. The summed E-state index contributed by atoms with van der Waals surface area (Å²) in [5.41, 5.74) is 1.10. The van der Waals surface area contributed by atoms with Crippen molar-refractivity contribution in [1.82, 2.24) is 10.0 Å². The van der Waals surface area contributed by atoms with Crippen molar-refractivity contribution in [2.45, 2.75) is 37.4 Å². The van der Waals surface area contributed by atoms with Crippen molar-refractivity contribution < 1.29 is 17.9 Å². The zero-order chi connectivity index (χ0) is 15.3. The number of ether oxygens (including phenoxy) is 1. The number of hydrogen-bond donors (Lipinski definition) is 2. The van der Waals surface area contributed by atoms with Gasteiger partial charge in [0.25, 0.3) is 0 Å². The van der Waals surface area contributed by atoms with Crippen molar-refractivity contribution in [3.8, 4) is 0 Å². The number of carbonyl (C=O) groups is 1. The SMILES string of the molecule is COC(=O)C1CCCCC1S(=O)(=O)NCC1=CCNCC1. The average Bonchev–Trinajstić information content (AvgIpc) is 2.53. The lowest BCUT2D eigenvalue weighted by Crippen LogP contribution is -2.44. The predicted octanol–water partition coefficient (Wildman–Crippen LogP) is 0.557. The van der Waals surface area contributed by atoms with Crippen molar-refractivity contribution in [1.29, 1.82) is 0 Å². The van der Waals surface area contributed by atoms with Gasteiger partial charge in [-0.05, 0) is 25.8 Å². The van der Waals surface area contributed by atoms with E-state index in [0.717, 1.165) is 37.9 Å². The van der Waals surface area contributed by atoms with Gasteiger partial charge in [0.05, 0.1) is 18.3 Å². The lowest BCUT2D eigenvalue weighted by Gasteiger charge is -2.29. The third-order valence-corrected chi connectivity index (χ3v) is 6.17. The molecule has 1 saturated carbocycles. The Balaban J connectivity index is 2.02. The number of sulfonamides is 1. The molecular weight excluding hydrogens is 292 g/mol. The molecule has 120 valence electrons. The summed E-state index contributed by atoms with van der Waals surface area (Å²) in [6.45, 7) is 2.00. The topological polar surface area (TPSA) is 84.5 Å². The summed E-state index contributed by atoms with van der Waals surface area (Å²) in [6, 6.07) is 0. The zero-order valence-electron chi connectivity index (χ0n) is 12.4. The van der Waals surface area contributed by atoms with Crippen LogP contribution in [0.3, 0.4) is 0 Å². The highest BCUT2D eigenvalue weighted by Gasteiger charge is 2.40. The Labute approximate surface area is 126 Å². The van der Waals surface area contributed by atoms with Crippen LogP contribution >= 0.6 is 0 Å². The minimum Gasteiger partial charge on any atom is -0.469 e. The highest BCUT2D eigenvalue weighted by molar-refractivity contribution is 7.90. The van der Waals surface area contributed by atoms with E-state index in [4.69, 9.17) is 4.74 Å². The van der Waals surface area contributed by atoms with E-state index in [1.165, 1.54) is 7.11 Å². The number of esters is 1. The lowest BCUT2D eigenvalue weighted by atomic mass is 9.89. The molecule has 6 nitrogen and oxygen atoms in total. The Morgan fingerprint density at radius 2 is 2.19 bits per heavy atom. The zero-order valence-corrected chi connectivity index (χ0v) is 13.2. The Morgan fingerprint density at radius 1 is 1.43 bits per heavy atom. The molecular formula is C14H24N2O4S. The van der Waals surface area contributed by atoms with Crippen LogP contribution in [0.1, 0.15) is 32.1 Å². The van der Waals surface area contributed by atoms with Crippen LogP contribution in [0.5, 0.6) is 0 Å². The van der Waals surface area contributed by atoms with Gasteiger partial charge in [-0.25, -0.2) is 13.1 Å². The van der Waals surface area contributed by atoms with Crippen LogP contribution in [-0.2, 0) is 19.6 Å². The van der Waals surface area contributed by atoms with E-state index in [1.54, 1.807) is 0 Å². The second kappa shape index (κ2) is 7.38. The lowest BCUT2D eigenvalue weighted by molar-refractivity contribution is -0.146. The van der Waals surface area contributed by atoms with Crippen LogP contribution in [0.25, 0.3) is 0 Å². The van der Waals surface area contributed by atoms with Crippen molar-refractivity contribution >= 4 is 16.0 Å². The summed E-state index contributed by atoms with van der Waals surface area (Å²) >= 11 is 0. The smallest absolute Gasteiger partial charge is 0.310 e. The van der Waals surface area contributed by atoms with E-state index in [0.29, 0.717) is 19.4 Å². The van der Waals surface area contributed by atoms with E-state index in [9.17, 15) is 13.2 Å². The molecule has 0 radical (unpaired) electrons. The predicted molar refractivity (Wildman–Crippen MR) is 80.3 cm³/mol. The number of hydrogen-bond acceptors (Lipinski definition) is 5. The van der Waals surface area contributed by atoms with E-state index in [2.05, 4.69) is 10.0 Å². The van der Waals surface area contributed by atoms with Gasteiger partial charge in [0.2, 0.25) is 10.0 Å². The van der Waals surface area contributed by atoms with Crippen LogP contribution < -0.4 is 10.0 Å². The van der Waals surface area contributed by atoms with Gasteiger partial charge in [-0.2, -0.15) is 0 Å². The van der Waals surface area contributed by atoms with Crippen LogP contribution in [0, 0.1) is 5.92 Å². The second-order valence-electron chi connectivity index (χ2n) is 5.64. The molecule has 2 aliphatic rings. The van der Waals surface area contributed by atoms with Crippen LogP contribution in [0.15, 0.2) is 11.6 Å². The maximum Gasteiger partial charge on any atom is 0.310 e. The molecule has 0 saturated heterocycles. The summed E-state index contributed by atoms with van der Waals surface area (Å²) in [5.74, 6) is -0.950. The van der Waals surface area contributed by atoms with Gasteiger partial charge in [0.1, 0.15) is 0 Å². The standard InChI is InChI=1S/C14H24N2O4S/c1-20-14(17)12-4-2-3-5-13(12)21(18,19)16-10-11-6-8-15-9-7-11/h6,12-13,15-16H,2-5,7-10H2,1H3. The molecule has 0 aromatic heterocycles. The third kappa shape index (κ3) is 4.28. The number of carbonyl (C=O) groups excluding carboxylic acids is 1. The van der Waals surface area contributed by atoms with Crippen molar-refractivity contribution in [3.05, 3.63) is 11.6 Å². The van der Waals surface area contributed by atoms with Gasteiger partial charge in [-0.3, -0.25) is 4.79 Å². The maximum atomic E-state index is 12.5. The van der Waals surface area contributed by atoms with Crippen molar-refractivity contribution in [2.24, 2.45) is 5.92 Å². The first-order chi connectivity index (χ1) is 10.0. The first kappa shape index (κ1) is 16.5. The van der Waals surface area contributed by atoms with E-state index in [-0.39, 0.29) is 0 Å². The third-order valence-electron chi connectivity index (χ3n) is 4.26. The molecule has 1 fully saturated rings. The molecule has 2 N–H and O–H groups in total. The molecule has 1 aliphatic carbocycles. The normalized spacial score (nSPS) is 27.0. The van der Waals surface area contributed by atoms with Crippen molar-refractivity contribution in [2.75, 3.05) is 26.7 Å². The van der Waals surface area contributed by atoms with E-state index >= 15 is 0 Å². The largest absolute Gasteiger partial charge is 0.469 e. The highest BCUT2D eigenvalue weighted by Crippen LogP contribution is 2.30. The van der Waals surface area contributed by atoms with E-state index < -0.39 is 27.2 Å². The van der Waals surface area contributed by atoms with Gasteiger partial charge in [-0.1, -0.05) is 24.5 Å². The molecule has 0 amide bonds. The Hall–Kier alpha value is -0.920. The fourth-order valence-electron chi connectivity index (χ4n) is 3.02. The van der Waals surface area contributed by atoms with Crippen LogP contribution in [0.4, 0.5) is 0 Å². The van der Waals surface area contributed by atoms with Gasteiger partial charge in [0.15, 0.2) is 0 Å². The molecule has 0 bridgehead atoms. The Bertz CT molecular complexity index is 501. The van der Waals surface area contributed by atoms with Gasteiger partial charge < -0.3 is 10.1 Å². The summed E-state index contributed by atoms with van der Waals surface area (Å²) in [6.07, 6.45) is 5.70. The number of rotatable bonds is 5. The Morgan fingerprint density at radius 3 is 2.86 bits per heavy atom. The monoisotopic (exact) mass is 316 g/mol. The summed E-state index contributed by atoms with van der Waals surface area (Å²) in [7, 11) is -2.19. The van der Waals surface area contributed by atoms with Crippen molar-refractivity contribution in [3.63, 3.8) is 0 Å². The Kier molecular flexibility index (Phi) is 5.78. The molecule has 2 atom stereocenters. The summed E-state index contributed by atoms with van der Waals surface area (Å²) < 4.78 is 32.4. The maximum absolute atomic E-state index is 12.5. The molecule has 0 aromatic carbocycles. The number of methoxy groups -OCH3 is 1. The highest BCUT2D eigenvalue weighted by atomic mass is 32.2. The fourth-order valence-corrected chi connectivity index (χ4v) is 4.78. The molecule has 2 rings (SSSR count). The summed E-state index contributed by atoms with van der Waals surface area (Å²) in [5, 5.41) is 2.52. The molecule has 0 spiro atoms. The number of nitrogens with one attached hydrogen (secondary N) is 2. The fraction of sp³-hybridized carbons (Fsp3) is 0.786. The molecule has 0 aromatic rings. The molecule has 2 unspecified atom stereocenters. The van der Waals surface area contributed by atoms with Gasteiger partial charge in [-0.15, -0.1) is 0 Å². The van der Waals surface area contributed by atoms with Gasteiger partial charge in [0, 0.05) is 13.1 Å². The first-order valence-electron chi connectivity index (χ1n) is 7.49. The molecule has 1 heterocycles. The minimum absolute atomic E-state index is 0.342. The van der Waals surface area contributed by atoms with Crippen LogP contribution in [-0.4, -0.2) is 46.4 Å². The molecule has 21 heavy (non-hydrogen) atoms.